The molecule has 0 unspecified atom stereocenters. The Morgan fingerprint density at radius 2 is 1.75 bits per heavy atom. The van der Waals surface area contributed by atoms with Crippen molar-refractivity contribution in [3.63, 3.8) is 0 Å². The molecule has 0 aliphatic rings. The molecule has 0 amide bonds. The van der Waals surface area contributed by atoms with Gasteiger partial charge in [0.05, 0.1) is 4.92 Å². The van der Waals surface area contributed by atoms with Crippen LogP contribution in [0.4, 0.5) is 10.1 Å². The van der Waals surface area contributed by atoms with Crippen LogP contribution in [-0.2, 0) is 0 Å². The fraction of sp³-hybridized carbons (Fsp3) is 0.278. The number of hydrogen-bond acceptors (Lipinski definition) is 4. The summed E-state index contributed by atoms with van der Waals surface area (Å²) in [6, 6.07) is 6.58. The standard InChI is InChI=1S/C18H18FNO4/c1-10-7-12(3)15(8-11(10)2)18(21)13(4)24-17-9-14(19)5-6-16(17)20(22)23/h5-9,13H,1-4H3/t13-/m0/s1. The Morgan fingerprint density at radius 3 is 2.38 bits per heavy atom. The SMILES string of the molecule is Cc1cc(C)c(C(=O)[C@H](C)Oc2cc(F)ccc2[N+](=O)[O-])cc1C. The summed E-state index contributed by atoms with van der Waals surface area (Å²) in [4.78, 5) is 22.9. The normalized spacial score (nSPS) is 11.9. The third-order valence-electron chi connectivity index (χ3n) is 3.90. The van der Waals surface area contributed by atoms with Gasteiger partial charge in [-0.15, -0.1) is 0 Å². The number of ether oxygens (including phenoxy) is 1. The maximum atomic E-state index is 13.4. The molecule has 5 nitrogen and oxygen atoms in total. The van der Waals surface area contributed by atoms with E-state index in [2.05, 4.69) is 0 Å². The molecule has 2 rings (SSSR count). The molecule has 0 radical (unpaired) electrons. The van der Waals surface area contributed by atoms with Gasteiger partial charge in [-0.05, 0) is 56.5 Å². The van der Waals surface area contributed by atoms with Crippen LogP contribution in [0.5, 0.6) is 5.75 Å². The monoisotopic (exact) mass is 331 g/mol. The van der Waals surface area contributed by atoms with Crippen molar-refractivity contribution in [3.8, 4) is 5.75 Å². The van der Waals surface area contributed by atoms with Crippen molar-refractivity contribution in [2.75, 3.05) is 0 Å². The molecule has 0 N–H and O–H groups in total. The summed E-state index contributed by atoms with van der Waals surface area (Å²) in [6.45, 7) is 7.16. The number of benzene rings is 2. The van der Waals surface area contributed by atoms with Crippen molar-refractivity contribution < 1.29 is 18.8 Å². The Balaban J connectivity index is 2.32. The van der Waals surface area contributed by atoms with Gasteiger partial charge in [-0.3, -0.25) is 14.9 Å². The second-order valence-corrected chi connectivity index (χ2v) is 5.74. The van der Waals surface area contributed by atoms with E-state index in [1.807, 2.05) is 26.8 Å². The molecule has 0 aliphatic carbocycles. The van der Waals surface area contributed by atoms with E-state index in [0.717, 1.165) is 34.9 Å². The third-order valence-corrected chi connectivity index (χ3v) is 3.90. The highest BCUT2D eigenvalue weighted by Gasteiger charge is 2.24. The lowest BCUT2D eigenvalue weighted by Crippen LogP contribution is -2.25. The molecule has 0 saturated heterocycles. The number of nitro groups is 1. The van der Waals surface area contributed by atoms with E-state index >= 15 is 0 Å². The number of Topliss-reactive ketones (excluding diaryl/α,β-unsaturated/α-hetero) is 1. The number of rotatable bonds is 5. The fourth-order valence-corrected chi connectivity index (χ4v) is 2.42. The largest absolute Gasteiger partial charge is 0.475 e. The average molecular weight is 331 g/mol. The van der Waals surface area contributed by atoms with Gasteiger partial charge >= 0.3 is 5.69 Å². The van der Waals surface area contributed by atoms with Crippen LogP contribution in [0.15, 0.2) is 30.3 Å². The van der Waals surface area contributed by atoms with E-state index in [0.29, 0.717) is 5.56 Å². The van der Waals surface area contributed by atoms with Gasteiger partial charge in [0.2, 0.25) is 11.5 Å². The van der Waals surface area contributed by atoms with Crippen LogP contribution in [-0.4, -0.2) is 16.8 Å². The summed E-state index contributed by atoms with van der Waals surface area (Å²) < 4.78 is 18.8. The number of carbonyl (C=O) groups excluding carboxylic acids is 1. The molecule has 0 fully saturated rings. The number of nitro benzene ring substituents is 1. The summed E-state index contributed by atoms with van der Waals surface area (Å²) >= 11 is 0. The van der Waals surface area contributed by atoms with Gasteiger partial charge in [0, 0.05) is 17.7 Å². The minimum absolute atomic E-state index is 0.262. The first kappa shape index (κ1) is 17.6. The lowest BCUT2D eigenvalue weighted by molar-refractivity contribution is -0.386. The smallest absolute Gasteiger partial charge is 0.311 e. The molecule has 126 valence electrons. The van der Waals surface area contributed by atoms with Gasteiger partial charge in [0.1, 0.15) is 5.82 Å². The Bertz CT molecular complexity index is 817. The Labute approximate surface area is 139 Å². The molecule has 24 heavy (non-hydrogen) atoms. The number of carbonyl (C=O) groups is 1. The van der Waals surface area contributed by atoms with Crippen LogP contribution >= 0.6 is 0 Å². The number of halogens is 1. The molecule has 2 aromatic carbocycles. The maximum absolute atomic E-state index is 13.4. The second kappa shape index (κ2) is 6.78. The number of nitrogens with zero attached hydrogens (tertiary/aromatic N) is 1. The summed E-state index contributed by atoms with van der Waals surface area (Å²) in [6.07, 6.45) is -0.980. The van der Waals surface area contributed by atoms with E-state index in [-0.39, 0.29) is 17.2 Å². The molecule has 0 bridgehead atoms. The van der Waals surface area contributed by atoms with Crippen molar-refractivity contribution in [1.29, 1.82) is 0 Å². The topological polar surface area (TPSA) is 69.4 Å². The van der Waals surface area contributed by atoms with Gasteiger partial charge in [-0.2, -0.15) is 0 Å². The fourth-order valence-electron chi connectivity index (χ4n) is 2.42. The first-order valence-corrected chi connectivity index (χ1v) is 7.43. The van der Waals surface area contributed by atoms with E-state index in [1.54, 1.807) is 6.07 Å². The van der Waals surface area contributed by atoms with Crippen LogP contribution in [0.2, 0.25) is 0 Å². The summed E-state index contributed by atoms with van der Waals surface area (Å²) in [5.74, 6) is -1.24. The number of ketones is 1. The quantitative estimate of drug-likeness (QED) is 0.465. The van der Waals surface area contributed by atoms with Crippen LogP contribution < -0.4 is 4.74 Å². The minimum Gasteiger partial charge on any atom is -0.475 e. The molecule has 1 atom stereocenters. The van der Waals surface area contributed by atoms with E-state index in [9.17, 15) is 19.3 Å². The molecule has 0 aromatic heterocycles. The average Bonchev–Trinajstić information content (AvgIpc) is 2.50. The van der Waals surface area contributed by atoms with E-state index < -0.39 is 16.8 Å². The molecule has 0 saturated carbocycles. The molecule has 0 spiro atoms. The third kappa shape index (κ3) is 3.59. The summed E-state index contributed by atoms with van der Waals surface area (Å²) in [7, 11) is 0. The van der Waals surface area contributed by atoms with Gasteiger partial charge in [0.15, 0.2) is 6.10 Å². The van der Waals surface area contributed by atoms with Crippen molar-refractivity contribution in [2.45, 2.75) is 33.8 Å². The molecule has 2 aromatic rings. The molecule has 0 aliphatic heterocycles. The maximum Gasteiger partial charge on any atom is 0.311 e. The summed E-state index contributed by atoms with van der Waals surface area (Å²) in [5, 5.41) is 11.0. The number of hydrogen-bond donors (Lipinski definition) is 0. The molecular weight excluding hydrogens is 313 g/mol. The summed E-state index contributed by atoms with van der Waals surface area (Å²) in [5.41, 5.74) is 2.94. The van der Waals surface area contributed by atoms with Crippen LogP contribution in [0, 0.1) is 36.7 Å². The van der Waals surface area contributed by atoms with E-state index in [4.69, 9.17) is 4.74 Å². The first-order valence-electron chi connectivity index (χ1n) is 7.43. The number of aryl methyl sites for hydroxylation is 3. The molecule has 0 heterocycles. The molecular formula is C18H18FNO4. The van der Waals surface area contributed by atoms with Crippen molar-refractivity contribution in [3.05, 3.63) is 68.5 Å². The van der Waals surface area contributed by atoms with Gasteiger partial charge in [0.25, 0.3) is 0 Å². The van der Waals surface area contributed by atoms with Crippen LogP contribution in [0.3, 0.4) is 0 Å². The zero-order chi connectivity index (χ0) is 18.0. The molecule has 6 heteroatoms. The minimum atomic E-state index is -0.980. The Hall–Kier alpha value is -2.76. The second-order valence-electron chi connectivity index (χ2n) is 5.74. The van der Waals surface area contributed by atoms with Crippen LogP contribution in [0.1, 0.15) is 34.0 Å². The van der Waals surface area contributed by atoms with Crippen molar-refractivity contribution in [2.24, 2.45) is 0 Å². The predicted molar refractivity (Wildman–Crippen MR) is 88.1 cm³/mol. The highest BCUT2D eigenvalue weighted by atomic mass is 19.1. The van der Waals surface area contributed by atoms with Crippen LogP contribution in [0.25, 0.3) is 0 Å². The first-order chi connectivity index (χ1) is 11.2. The predicted octanol–water partition coefficient (Wildman–Crippen LogP) is 4.31. The van der Waals surface area contributed by atoms with Crippen molar-refractivity contribution in [1.82, 2.24) is 0 Å². The highest BCUT2D eigenvalue weighted by molar-refractivity contribution is 6.01. The van der Waals surface area contributed by atoms with Gasteiger partial charge in [-0.1, -0.05) is 6.07 Å². The zero-order valence-electron chi connectivity index (χ0n) is 13.9. The lowest BCUT2D eigenvalue weighted by atomic mass is 9.96. The van der Waals surface area contributed by atoms with E-state index in [1.165, 1.54) is 6.92 Å². The zero-order valence-corrected chi connectivity index (χ0v) is 13.9. The highest BCUT2D eigenvalue weighted by Crippen LogP contribution is 2.29. The lowest BCUT2D eigenvalue weighted by Gasteiger charge is -2.16. The van der Waals surface area contributed by atoms with Gasteiger partial charge < -0.3 is 4.74 Å². The Morgan fingerprint density at radius 1 is 1.12 bits per heavy atom. The van der Waals surface area contributed by atoms with Gasteiger partial charge in [-0.25, -0.2) is 4.39 Å². The van der Waals surface area contributed by atoms with Crippen molar-refractivity contribution >= 4 is 11.5 Å². The Kier molecular flexibility index (Phi) is 4.97.